The van der Waals surface area contributed by atoms with E-state index in [1.165, 1.54) is 17.3 Å². The highest BCUT2D eigenvalue weighted by atomic mass is 31.2. The van der Waals surface area contributed by atoms with E-state index in [-0.39, 0.29) is 35.9 Å². The number of fused-ring (bicyclic) bond motifs is 1. The molecular formula is C40H51N6O7P. The van der Waals surface area contributed by atoms with E-state index >= 15 is 0 Å². The zero-order valence-corrected chi connectivity index (χ0v) is 32.9. The maximum atomic E-state index is 12.1. The van der Waals surface area contributed by atoms with Gasteiger partial charge in [0.15, 0.2) is 5.52 Å². The van der Waals surface area contributed by atoms with Gasteiger partial charge in [-0.1, -0.05) is 67.9 Å². The van der Waals surface area contributed by atoms with Crippen LogP contribution in [-0.2, 0) is 14.9 Å². The number of nitriles is 1. The molecule has 2 heterocycles. The molecule has 0 radical (unpaired) electrons. The first-order valence-corrected chi connectivity index (χ1v) is 19.1. The fourth-order valence-electron chi connectivity index (χ4n) is 6.10. The lowest BCUT2D eigenvalue weighted by atomic mass is 9.80. The highest BCUT2D eigenvalue weighted by molar-refractivity contribution is 7.43. The zero-order valence-electron chi connectivity index (χ0n) is 32.0. The topological polar surface area (TPSA) is 157 Å². The number of imidazole rings is 1. The summed E-state index contributed by atoms with van der Waals surface area (Å²) in [5.74, 6) is 1.51. The van der Waals surface area contributed by atoms with Gasteiger partial charge in [0.1, 0.15) is 35.0 Å². The van der Waals surface area contributed by atoms with E-state index in [1.54, 1.807) is 14.2 Å². The number of aromatic amines is 1. The molecule has 0 aliphatic heterocycles. The fourth-order valence-corrected chi connectivity index (χ4v) is 7.28. The first-order chi connectivity index (χ1) is 26.1. The van der Waals surface area contributed by atoms with Gasteiger partial charge in [-0.3, -0.25) is 4.79 Å². The third-order valence-electron chi connectivity index (χ3n) is 8.55. The molecule has 54 heavy (non-hydrogen) atoms. The van der Waals surface area contributed by atoms with Crippen molar-refractivity contribution in [3.63, 3.8) is 0 Å². The van der Waals surface area contributed by atoms with E-state index in [4.69, 9.17) is 28.8 Å². The number of H-pyrrole nitrogens is 1. The minimum absolute atomic E-state index is 0.244. The van der Waals surface area contributed by atoms with Crippen molar-refractivity contribution >= 4 is 19.6 Å². The largest absolute Gasteiger partial charge is 0.497 e. The van der Waals surface area contributed by atoms with E-state index in [1.807, 2.05) is 105 Å². The van der Waals surface area contributed by atoms with Gasteiger partial charge >= 0.3 is 0 Å². The number of benzene rings is 3. The Bertz CT molecular complexity index is 1890. The molecule has 14 heteroatoms. The van der Waals surface area contributed by atoms with Crippen LogP contribution in [-0.4, -0.2) is 75.1 Å². The molecule has 13 nitrogen and oxygen atoms in total. The summed E-state index contributed by atoms with van der Waals surface area (Å²) >= 11 is 0. The van der Waals surface area contributed by atoms with Crippen LogP contribution in [0.1, 0.15) is 70.6 Å². The SMILES string of the molecule is CC(C)N(C(C)C)P(O)OCCC#N.CCCC(COC(c1ccccc1)(c1ccc(OC)cc1)c1ccc(OC)cc1)On1cnc2c(=O)[nH]ncc21. The summed E-state index contributed by atoms with van der Waals surface area (Å²) in [6.45, 7) is 10.7. The van der Waals surface area contributed by atoms with Crippen molar-refractivity contribution in [3.05, 3.63) is 118 Å². The highest BCUT2D eigenvalue weighted by Crippen LogP contribution is 2.42. The molecule has 0 amide bonds. The predicted octanol–water partition coefficient (Wildman–Crippen LogP) is 7.00. The second kappa shape index (κ2) is 20.6. The van der Waals surface area contributed by atoms with E-state index in [9.17, 15) is 9.69 Å². The van der Waals surface area contributed by atoms with Gasteiger partial charge in [-0.2, -0.15) is 15.1 Å². The molecule has 5 rings (SSSR count). The number of hydrogen-bond donors (Lipinski definition) is 2. The fraction of sp³-hybridized carbons (Fsp3) is 0.400. The first kappa shape index (κ1) is 41.9. The van der Waals surface area contributed by atoms with Crippen LogP contribution in [0.5, 0.6) is 11.5 Å². The summed E-state index contributed by atoms with van der Waals surface area (Å²) in [5.41, 5.74) is 2.25. The van der Waals surface area contributed by atoms with Gasteiger partial charge in [-0.15, -0.1) is 0 Å². The van der Waals surface area contributed by atoms with Gasteiger partial charge in [0.05, 0.1) is 46.1 Å². The van der Waals surface area contributed by atoms with Gasteiger partial charge in [-0.05, 0) is 75.1 Å². The van der Waals surface area contributed by atoms with Crippen molar-refractivity contribution in [2.24, 2.45) is 0 Å². The molecule has 0 aliphatic rings. The van der Waals surface area contributed by atoms with E-state index < -0.39 is 14.1 Å². The predicted molar refractivity (Wildman–Crippen MR) is 209 cm³/mol. The van der Waals surface area contributed by atoms with Crippen LogP contribution in [0.2, 0.25) is 0 Å². The number of methoxy groups -OCH3 is 2. The summed E-state index contributed by atoms with van der Waals surface area (Å²) < 4.78 is 26.5. The molecule has 5 aromatic rings. The van der Waals surface area contributed by atoms with Crippen LogP contribution in [0.25, 0.3) is 11.0 Å². The van der Waals surface area contributed by atoms with Crippen LogP contribution in [0.15, 0.2) is 96.2 Å². The van der Waals surface area contributed by atoms with Crippen molar-refractivity contribution in [1.82, 2.24) is 24.6 Å². The second-order valence-corrected chi connectivity index (χ2v) is 14.1. The highest BCUT2D eigenvalue weighted by Gasteiger charge is 2.39. The Hall–Kier alpha value is -4.83. The number of hydrogen-bond acceptors (Lipinski definition) is 11. The molecule has 2 unspecified atom stereocenters. The lowest BCUT2D eigenvalue weighted by molar-refractivity contribution is -0.0689. The second-order valence-electron chi connectivity index (χ2n) is 12.9. The monoisotopic (exact) mass is 758 g/mol. The Morgan fingerprint density at radius 1 is 0.926 bits per heavy atom. The van der Waals surface area contributed by atoms with E-state index in [2.05, 4.69) is 34.2 Å². The molecule has 0 saturated heterocycles. The van der Waals surface area contributed by atoms with Gasteiger partial charge in [-0.25, -0.2) is 14.8 Å². The Balaban J connectivity index is 0.000000395. The van der Waals surface area contributed by atoms with Crippen LogP contribution in [0, 0.1) is 11.3 Å². The maximum Gasteiger partial charge on any atom is 0.292 e. The third-order valence-corrected chi connectivity index (χ3v) is 10.3. The lowest BCUT2D eigenvalue weighted by Crippen LogP contribution is -2.38. The first-order valence-electron chi connectivity index (χ1n) is 17.9. The molecule has 2 atom stereocenters. The quantitative estimate of drug-likeness (QED) is 0.0539. The van der Waals surface area contributed by atoms with Crippen molar-refractivity contribution in [2.45, 2.75) is 77.7 Å². The van der Waals surface area contributed by atoms with Crippen LogP contribution < -0.4 is 19.9 Å². The van der Waals surface area contributed by atoms with Gasteiger partial charge < -0.3 is 28.5 Å². The molecule has 2 N–H and O–H groups in total. The molecule has 3 aromatic carbocycles. The standard InChI is InChI=1S/C31H32N4O5.C9H19N2O2P/c1-4-8-27(40-35-21-32-29-28(35)19-33-34-30(29)36)20-39-31(22-9-6-5-7-10-22,23-11-15-25(37-2)16-12-23)24-13-17-26(38-3)18-14-24;1-8(2)11(9(3)4)14(12)13-7-5-6-10/h5-7,9-19,21,27H,4,8,20H2,1-3H3,(H,34,36);8-9,12H,5,7H2,1-4H3. The van der Waals surface area contributed by atoms with Gasteiger partial charge in [0.25, 0.3) is 14.1 Å². The van der Waals surface area contributed by atoms with Crippen LogP contribution in [0.3, 0.4) is 0 Å². The molecule has 2 aromatic heterocycles. The normalized spacial score (nSPS) is 12.6. The Kier molecular flexibility index (Phi) is 16.0. The average molecular weight is 759 g/mol. The molecule has 0 saturated carbocycles. The van der Waals surface area contributed by atoms with Crippen LogP contribution in [0.4, 0.5) is 0 Å². The van der Waals surface area contributed by atoms with Crippen molar-refractivity contribution in [1.29, 1.82) is 5.26 Å². The van der Waals surface area contributed by atoms with Gasteiger partial charge in [0, 0.05) is 12.1 Å². The molecule has 0 bridgehead atoms. The number of rotatable bonds is 18. The summed E-state index contributed by atoms with van der Waals surface area (Å²) in [6.07, 6.45) is 4.57. The molecular weight excluding hydrogens is 707 g/mol. The Morgan fingerprint density at radius 2 is 1.50 bits per heavy atom. The molecule has 288 valence electrons. The van der Waals surface area contributed by atoms with E-state index in [0.29, 0.717) is 25.0 Å². The number of aromatic nitrogens is 4. The molecule has 0 spiro atoms. The molecule has 0 aliphatic carbocycles. The van der Waals surface area contributed by atoms with Crippen LogP contribution >= 0.6 is 8.53 Å². The summed E-state index contributed by atoms with van der Waals surface area (Å²) in [4.78, 5) is 32.4. The average Bonchev–Trinajstić information content (AvgIpc) is 3.59. The van der Waals surface area contributed by atoms with Crippen molar-refractivity contribution in [3.8, 4) is 17.6 Å². The zero-order chi connectivity index (χ0) is 39.1. The summed E-state index contributed by atoms with van der Waals surface area (Å²) in [7, 11) is 1.74. The van der Waals surface area contributed by atoms with E-state index in [0.717, 1.165) is 34.6 Å². The maximum absolute atomic E-state index is 12.1. The molecule has 0 fully saturated rings. The minimum atomic E-state index is -1.55. The summed E-state index contributed by atoms with van der Waals surface area (Å²) in [5, 5.41) is 14.6. The third kappa shape index (κ3) is 10.4. The number of nitrogens with zero attached hydrogens (tertiary/aromatic N) is 5. The van der Waals surface area contributed by atoms with Crippen molar-refractivity contribution < 1.29 is 28.5 Å². The number of ether oxygens (including phenoxy) is 3. The van der Waals surface area contributed by atoms with Gasteiger partial charge in [0.2, 0.25) is 0 Å². The minimum Gasteiger partial charge on any atom is -0.497 e. The smallest absolute Gasteiger partial charge is 0.292 e. The van der Waals surface area contributed by atoms with Crippen molar-refractivity contribution in [2.75, 3.05) is 27.4 Å². The number of nitrogens with one attached hydrogen (secondary N) is 1. The Morgan fingerprint density at radius 3 is 2.02 bits per heavy atom. The summed E-state index contributed by atoms with van der Waals surface area (Å²) in [6, 6.07) is 28.4. The Labute approximate surface area is 318 Å². The lowest BCUT2D eigenvalue weighted by Gasteiger charge is -2.37.